The van der Waals surface area contributed by atoms with Gasteiger partial charge in [0, 0.05) is 21.8 Å². The van der Waals surface area contributed by atoms with Crippen LogP contribution >= 0.6 is 11.8 Å². The lowest BCUT2D eigenvalue weighted by Gasteiger charge is -2.18. The molecular weight excluding hydrogens is 488 g/mol. The minimum atomic E-state index is -1.07. The summed E-state index contributed by atoms with van der Waals surface area (Å²) in [6.45, 7) is 0. The topological polar surface area (TPSA) is 105 Å². The van der Waals surface area contributed by atoms with E-state index < -0.39 is 11.2 Å². The van der Waals surface area contributed by atoms with E-state index in [-0.39, 0.29) is 17.4 Å². The summed E-state index contributed by atoms with van der Waals surface area (Å²) in [5.41, 5.74) is 2.30. The van der Waals surface area contributed by atoms with Gasteiger partial charge in [-0.25, -0.2) is 4.79 Å². The van der Waals surface area contributed by atoms with Crippen LogP contribution in [0, 0.1) is 0 Å². The van der Waals surface area contributed by atoms with Crippen LogP contribution in [0.3, 0.4) is 0 Å². The molecule has 1 unspecified atom stereocenters. The van der Waals surface area contributed by atoms with Crippen molar-refractivity contribution in [1.29, 1.82) is 0 Å². The number of carboxylic acid groups (broad SMARTS) is 1. The number of anilines is 2. The van der Waals surface area contributed by atoms with Gasteiger partial charge in [-0.05, 0) is 60.2 Å². The van der Waals surface area contributed by atoms with Gasteiger partial charge in [0.1, 0.15) is 11.0 Å². The van der Waals surface area contributed by atoms with Crippen LogP contribution in [-0.2, 0) is 4.79 Å². The molecule has 0 spiro atoms. The fraction of sp³-hybridized carbons (Fsp3) is 0.0690. The molecule has 8 heteroatoms. The molecule has 0 fully saturated rings. The number of carbonyl (C=O) groups is 3. The van der Waals surface area contributed by atoms with Crippen LogP contribution in [0.4, 0.5) is 11.4 Å². The molecule has 0 radical (unpaired) electrons. The molecule has 4 aromatic carbocycles. The molecule has 37 heavy (non-hydrogen) atoms. The molecule has 0 aliphatic rings. The van der Waals surface area contributed by atoms with E-state index in [1.165, 1.54) is 23.9 Å². The number of hydrogen-bond acceptors (Lipinski definition) is 5. The third kappa shape index (κ3) is 6.77. The summed E-state index contributed by atoms with van der Waals surface area (Å²) in [7, 11) is 1.54. The van der Waals surface area contributed by atoms with Crippen molar-refractivity contribution in [3.05, 3.63) is 120 Å². The van der Waals surface area contributed by atoms with E-state index in [0.717, 1.165) is 10.5 Å². The van der Waals surface area contributed by atoms with Gasteiger partial charge in [0.05, 0.1) is 12.7 Å². The van der Waals surface area contributed by atoms with E-state index in [9.17, 15) is 19.5 Å². The van der Waals surface area contributed by atoms with E-state index >= 15 is 0 Å². The van der Waals surface area contributed by atoms with Crippen LogP contribution in [0.5, 0.6) is 5.75 Å². The van der Waals surface area contributed by atoms with Gasteiger partial charge in [-0.1, -0.05) is 48.5 Å². The summed E-state index contributed by atoms with van der Waals surface area (Å²) in [6.07, 6.45) is 0. The predicted molar refractivity (Wildman–Crippen MR) is 144 cm³/mol. The Hall–Kier alpha value is -4.56. The van der Waals surface area contributed by atoms with Crippen LogP contribution in [-0.4, -0.2) is 30.0 Å². The maximum Gasteiger partial charge on any atom is 0.335 e. The van der Waals surface area contributed by atoms with Crippen molar-refractivity contribution in [3.63, 3.8) is 0 Å². The molecule has 0 saturated carbocycles. The average molecular weight is 513 g/mol. The number of benzene rings is 4. The lowest BCUT2D eigenvalue weighted by molar-refractivity contribution is -0.115. The number of thioether (sulfide) groups is 1. The SMILES string of the molecule is COc1cccc(C(=O)Nc2cccc(SC(C(=O)Nc3cccc(C(=O)O)c3)c3ccccc3)c2)c1. The molecule has 0 heterocycles. The van der Waals surface area contributed by atoms with Crippen LogP contribution < -0.4 is 15.4 Å². The van der Waals surface area contributed by atoms with Crippen molar-refractivity contribution < 1.29 is 24.2 Å². The van der Waals surface area contributed by atoms with E-state index in [4.69, 9.17) is 4.74 Å². The highest BCUT2D eigenvalue weighted by molar-refractivity contribution is 8.00. The van der Waals surface area contributed by atoms with Gasteiger partial charge in [-0.15, -0.1) is 11.8 Å². The molecule has 0 aliphatic carbocycles. The van der Waals surface area contributed by atoms with Crippen molar-refractivity contribution in [2.24, 2.45) is 0 Å². The van der Waals surface area contributed by atoms with Crippen LogP contribution in [0.15, 0.2) is 108 Å². The molecule has 3 N–H and O–H groups in total. The van der Waals surface area contributed by atoms with Crippen molar-refractivity contribution in [2.75, 3.05) is 17.7 Å². The molecule has 186 valence electrons. The summed E-state index contributed by atoms with van der Waals surface area (Å²) < 4.78 is 5.19. The second-order valence-electron chi connectivity index (χ2n) is 8.00. The first kappa shape index (κ1) is 25.5. The zero-order valence-electron chi connectivity index (χ0n) is 19.9. The molecule has 0 aromatic heterocycles. The second kappa shape index (κ2) is 11.9. The smallest absolute Gasteiger partial charge is 0.335 e. The first-order valence-electron chi connectivity index (χ1n) is 11.3. The molecule has 0 bridgehead atoms. The number of ether oxygens (including phenoxy) is 1. The summed E-state index contributed by atoms with van der Waals surface area (Å²) in [6, 6.07) is 29.5. The standard InChI is InChI=1S/C29H24N2O5S/c1-36-24-14-6-10-20(17-24)27(32)30-23-13-7-15-25(18-23)37-26(19-8-3-2-4-9-19)28(33)31-22-12-5-11-21(16-22)29(34)35/h2-18,26H,1H3,(H,30,32)(H,31,33)(H,34,35). The van der Waals surface area contributed by atoms with Gasteiger partial charge in [-0.3, -0.25) is 9.59 Å². The summed E-state index contributed by atoms with van der Waals surface area (Å²) in [5, 5.41) is 14.3. The largest absolute Gasteiger partial charge is 0.497 e. The summed E-state index contributed by atoms with van der Waals surface area (Å²) >= 11 is 1.32. The molecule has 0 aliphatic heterocycles. The molecule has 4 aromatic rings. The molecule has 7 nitrogen and oxygen atoms in total. The highest BCUT2D eigenvalue weighted by Gasteiger charge is 2.23. The fourth-order valence-electron chi connectivity index (χ4n) is 3.59. The number of carbonyl (C=O) groups excluding carboxylic acids is 2. The van der Waals surface area contributed by atoms with Crippen molar-refractivity contribution >= 4 is 40.9 Å². The minimum Gasteiger partial charge on any atom is -0.497 e. The van der Waals surface area contributed by atoms with Gasteiger partial charge in [-0.2, -0.15) is 0 Å². The number of methoxy groups -OCH3 is 1. The number of rotatable bonds is 9. The Morgan fingerprint density at radius 2 is 1.43 bits per heavy atom. The number of carboxylic acids is 1. The molecule has 2 amide bonds. The van der Waals surface area contributed by atoms with Crippen LogP contribution in [0.25, 0.3) is 0 Å². The first-order chi connectivity index (χ1) is 17.9. The lowest BCUT2D eigenvalue weighted by Crippen LogP contribution is -2.19. The summed E-state index contributed by atoms with van der Waals surface area (Å²) in [4.78, 5) is 38.2. The Morgan fingerprint density at radius 1 is 0.757 bits per heavy atom. The van der Waals surface area contributed by atoms with Gasteiger partial charge < -0.3 is 20.5 Å². The second-order valence-corrected chi connectivity index (χ2v) is 9.18. The third-order valence-corrected chi connectivity index (χ3v) is 6.64. The summed E-state index contributed by atoms with van der Waals surface area (Å²) in [5.74, 6) is -1.07. The van der Waals surface area contributed by atoms with Crippen molar-refractivity contribution in [2.45, 2.75) is 10.1 Å². The van der Waals surface area contributed by atoms with E-state index in [1.807, 2.05) is 36.4 Å². The van der Waals surface area contributed by atoms with Gasteiger partial charge >= 0.3 is 5.97 Å². The number of aromatic carboxylic acids is 1. The molecular formula is C29H24N2O5S. The highest BCUT2D eigenvalue weighted by atomic mass is 32.2. The number of hydrogen-bond donors (Lipinski definition) is 3. The van der Waals surface area contributed by atoms with Gasteiger partial charge in [0.15, 0.2) is 0 Å². The molecule has 1 atom stereocenters. The fourth-order valence-corrected chi connectivity index (χ4v) is 4.67. The van der Waals surface area contributed by atoms with Gasteiger partial charge in [0.2, 0.25) is 5.91 Å². The maximum atomic E-state index is 13.3. The van der Waals surface area contributed by atoms with Crippen molar-refractivity contribution in [3.8, 4) is 5.75 Å². The van der Waals surface area contributed by atoms with E-state index in [0.29, 0.717) is 22.7 Å². The maximum absolute atomic E-state index is 13.3. The minimum absolute atomic E-state index is 0.0844. The Morgan fingerprint density at radius 3 is 2.16 bits per heavy atom. The number of amides is 2. The van der Waals surface area contributed by atoms with Crippen LogP contribution in [0.2, 0.25) is 0 Å². The number of nitrogens with one attached hydrogen (secondary N) is 2. The van der Waals surface area contributed by atoms with Crippen LogP contribution in [0.1, 0.15) is 31.5 Å². The first-order valence-corrected chi connectivity index (χ1v) is 12.2. The van der Waals surface area contributed by atoms with Gasteiger partial charge in [0.25, 0.3) is 5.91 Å². The average Bonchev–Trinajstić information content (AvgIpc) is 2.92. The zero-order valence-corrected chi connectivity index (χ0v) is 20.7. The van der Waals surface area contributed by atoms with Crippen molar-refractivity contribution in [1.82, 2.24) is 0 Å². The Balaban J connectivity index is 1.54. The molecule has 0 saturated heterocycles. The van der Waals surface area contributed by atoms with E-state index in [2.05, 4.69) is 10.6 Å². The lowest BCUT2D eigenvalue weighted by atomic mass is 10.1. The third-order valence-electron chi connectivity index (χ3n) is 5.40. The van der Waals surface area contributed by atoms with E-state index in [1.54, 1.807) is 61.7 Å². The molecule has 4 rings (SSSR count). The Bertz CT molecular complexity index is 1420. The Labute approximate surface area is 218 Å². The quantitative estimate of drug-likeness (QED) is 0.234. The zero-order chi connectivity index (χ0) is 26.2. The highest BCUT2D eigenvalue weighted by Crippen LogP contribution is 2.37. The normalized spacial score (nSPS) is 11.3. The Kier molecular flexibility index (Phi) is 8.22. The predicted octanol–water partition coefficient (Wildman–Crippen LogP) is 6.12. The monoisotopic (exact) mass is 512 g/mol.